The van der Waals surface area contributed by atoms with Crippen molar-refractivity contribution >= 4 is 28.6 Å². The van der Waals surface area contributed by atoms with Crippen LogP contribution in [0.3, 0.4) is 0 Å². The molecular formula is C4H3IN2O2. The molecule has 0 aliphatic heterocycles. The van der Waals surface area contributed by atoms with E-state index < -0.39 is 5.97 Å². The van der Waals surface area contributed by atoms with Crippen LogP contribution in [0.1, 0.15) is 10.5 Å². The molecule has 0 saturated carbocycles. The molecule has 0 bridgehead atoms. The molecule has 0 amide bonds. The van der Waals surface area contributed by atoms with Gasteiger partial charge in [0.15, 0.2) is 5.69 Å². The lowest BCUT2D eigenvalue weighted by Gasteiger charge is -1.84. The molecule has 48 valence electrons. The number of nitrogens with zero attached hydrogens (tertiary/aromatic N) is 1. The van der Waals surface area contributed by atoms with E-state index in [2.05, 4.69) is 10.2 Å². The van der Waals surface area contributed by atoms with Gasteiger partial charge in [0.2, 0.25) is 0 Å². The highest BCUT2D eigenvalue weighted by Gasteiger charge is 2.07. The molecular weight excluding hydrogens is 235 g/mol. The van der Waals surface area contributed by atoms with Gasteiger partial charge in [-0.15, -0.1) is 0 Å². The molecule has 9 heavy (non-hydrogen) atoms. The quantitative estimate of drug-likeness (QED) is 0.708. The van der Waals surface area contributed by atoms with E-state index in [0.717, 1.165) is 0 Å². The van der Waals surface area contributed by atoms with E-state index in [-0.39, 0.29) is 5.69 Å². The molecule has 0 aliphatic carbocycles. The number of carboxylic acids is 1. The van der Waals surface area contributed by atoms with Gasteiger partial charge in [-0.2, -0.15) is 5.10 Å². The number of hydrogen-bond acceptors (Lipinski definition) is 2. The van der Waals surface area contributed by atoms with Gasteiger partial charge in [-0.1, -0.05) is 0 Å². The Kier molecular flexibility index (Phi) is 1.70. The standard InChI is InChI=1S/C4H3IN2O2/c5-2-1-6-7-3(2)4(8)9/h1H,(H,6,7)(H,8,9). The maximum absolute atomic E-state index is 10.2. The second kappa shape index (κ2) is 2.34. The monoisotopic (exact) mass is 238 g/mol. The molecule has 1 heterocycles. The van der Waals surface area contributed by atoms with E-state index >= 15 is 0 Å². The summed E-state index contributed by atoms with van der Waals surface area (Å²) in [4.78, 5) is 10.2. The summed E-state index contributed by atoms with van der Waals surface area (Å²) in [5, 5.41) is 14.3. The first kappa shape index (κ1) is 6.53. The molecule has 0 fully saturated rings. The maximum atomic E-state index is 10.2. The number of hydrogen-bond donors (Lipinski definition) is 2. The van der Waals surface area contributed by atoms with Crippen LogP contribution >= 0.6 is 22.6 Å². The van der Waals surface area contributed by atoms with Crippen LogP contribution in [0.15, 0.2) is 6.20 Å². The molecule has 4 nitrogen and oxygen atoms in total. The lowest BCUT2D eigenvalue weighted by atomic mass is 10.5. The molecule has 0 saturated heterocycles. The Hall–Kier alpha value is -0.590. The van der Waals surface area contributed by atoms with Crippen LogP contribution in [-0.2, 0) is 0 Å². The second-order valence-electron chi connectivity index (χ2n) is 1.40. The highest BCUT2D eigenvalue weighted by molar-refractivity contribution is 14.1. The number of aromatic nitrogens is 2. The Bertz CT molecular complexity index is 232. The Morgan fingerprint density at radius 2 is 2.56 bits per heavy atom. The zero-order chi connectivity index (χ0) is 6.85. The Balaban J connectivity index is 3.08. The van der Waals surface area contributed by atoms with Gasteiger partial charge in [0.1, 0.15) is 0 Å². The van der Waals surface area contributed by atoms with Crippen molar-refractivity contribution < 1.29 is 9.90 Å². The Morgan fingerprint density at radius 3 is 2.78 bits per heavy atom. The molecule has 5 heteroatoms. The van der Waals surface area contributed by atoms with Crippen molar-refractivity contribution in [2.24, 2.45) is 0 Å². The molecule has 0 radical (unpaired) electrons. The average Bonchev–Trinajstić information content (AvgIpc) is 2.13. The minimum Gasteiger partial charge on any atom is -0.476 e. The first-order chi connectivity index (χ1) is 4.22. The molecule has 0 unspecified atom stereocenters. The SMILES string of the molecule is O=C(O)c1[nH]ncc1I. The maximum Gasteiger partial charge on any atom is 0.355 e. The van der Waals surface area contributed by atoms with Crippen LogP contribution in [0.2, 0.25) is 0 Å². The molecule has 0 atom stereocenters. The van der Waals surface area contributed by atoms with Crippen molar-refractivity contribution in [3.05, 3.63) is 15.5 Å². The van der Waals surface area contributed by atoms with Crippen molar-refractivity contribution in [2.75, 3.05) is 0 Å². The molecule has 1 rings (SSSR count). The van der Waals surface area contributed by atoms with Crippen molar-refractivity contribution in [1.29, 1.82) is 0 Å². The van der Waals surface area contributed by atoms with Gasteiger partial charge in [0, 0.05) is 0 Å². The number of aromatic carboxylic acids is 1. The van der Waals surface area contributed by atoms with E-state index in [1.54, 1.807) is 0 Å². The van der Waals surface area contributed by atoms with Crippen molar-refractivity contribution in [2.45, 2.75) is 0 Å². The summed E-state index contributed by atoms with van der Waals surface area (Å²) in [5.74, 6) is -0.975. The molecule has 1 aromatic heterocycles. The van der Waals surface area contributed by atoms with Gasteiger partial charge < -0.3 is 5.11 Å². The van der Waals surface area contributed by atoms with Crippen molar-refractivity contribution in [3.8, 4) is 0 Å². The van der Waals surface area contributed by atoms with Crippen molar-refractivity contribution in [1.82, 2.24) is 10.2 Å². The number of carbonyl (C=O) groups is 1. The summed E-state index contributed by atoms with van der Waals surface area (Å²) >= 11 is 1.90. The third-order valence-corrected chi connectivity index (χ3v) is 1.62. The summed E-state index contributed by atoms with van der Waals surface area (Å²) < 4.78 is 0.625. The summed E-state index contributed by atoms with van der Waals surface area (Å²) in [5.41, 5.74) is 0.149. The minimum absolute atomic E-state index is 0.149. The molecule has 0 spiro atoms. The summed E-state index contributed by atoms with van der Waals surface area (Å²) in [6.07, 6.45) is 1.46. The first-order valence-electron chi connectivity index (χ1n) is 2.14. The number of nitrogens with one attached hydrogen (secondary N) is 1. The van der Waals surface area contributed by atoms with E-state index in [0.29, 0.717) is 3.57 Å². The van der Waals surface area contributed by atoms with E-state index in [1.807, 2.05) is 22.6 Å². The van der Waals surface area contributed by atoms with Crippen LogP contribution in [0.25, 0.3) is 0 Å². The molecule has 0 aromatic carbocycles. The largest absolute Gasteiger partial charge is 0.476 e. The van der Waals surface area contributed by atoms with E-state index in [1.165, 1.54) is 6.20 Å². The fourth-order valence-electron chi connectivity index (χ4n) is 0.421. The fraction of sp³-hybridized carbons (Fsp3) is 0. The van der Waals surface area contributed by atoms with Crippen LogP contribution < -0.4 is 0 Å². The predicted molar refractivity (Wildman–Crippen MR) is 38.3 cm³/mol. The zero-order valence-corrected chi connectivity index (χ0v) is 6.42. The first-order valence-corrected chi connectivity index (χ1v) is 3.22. The van der Waals surface area contributed by atoms with Gasteiger partial charge >= 0.3 is 5.97 Å². The van der Waals surface area contributed by atoms with Gasteiger partial charge in [0.25, 0.3) is 0 Å². The van der Waals surface area contributed by atoms with E-state index in [9.17, 15) is 4.79 Å². The van der Waals surface area contributed by atoms with Gasteiger partial charge in [-0.25, -0.2) is 4.79 Å². The normalized spacial score (nSPS) is 9.44. The summed E-state index contributed by atoms with van der Waals surface area (Å²) in [6.45, 7) is 0. The zero-order valence-electron chi connectivity index (χ0n) is 4.26. The minimum atomic E-state index is -0.975. The topological polar surface area (TPSA) is 66.0 Å². The highest BCUT2D eigenvalue weighted by Crippen LogP contribution is 2.06. The third kappa shape index (κ3) is 1.21. The van der Waals surface area contributed by atoms with Gasteiger partial charge in [-0.3, -0.25) is 5.10 Å². The van der Waals surface area contributed by atoms with E-state index in [4.69, 9.17) is 5.11 Å². The number of rotatable bonds is 1. The Morgan fingerprint density at radius 1 is 1.89 bits per heavy atom. The number of carboxylic acid groups (broad SMARTS) is 1. The fourth-order valence-corrected chi connectivity index (χ4v) is 0.912. The third-order valence-electron chi connectivity index (χ3n) is 0.807. The molecule has 1 aromatic rings. The Labute approximate surface area is 64.4 Å². The summed E-state index contributed by atoms with van der Waals surface area (Å²) in [6, 6.07) is 0. The van der Waals surface area contributed by atoms with Gasteiger partial charge in [0.05, 0.1) is 9.77 Å². The lowest BCUT2D eigenvalue weighted by Crippen LogP contribution is -1.98. The number of halogens is 1. The van der Waals surface area contributed by atoms with Crippen LogP contribution in [0.4, 0.5) is 0 Å². The second-order valence-corrected chi connectivity index (χ2v) is 2.56. The molecule has 0 aliphatic rings. The van der Waals surface area contributed by atoms with Crippen molar-refractivity contribution in [3.63, 3.8) is 0 Å². The highest BCUT2D eigenvalue weighted by atomic mass is 127. The average molecular weight is 238 g/mol. The lowest BCUT2D eigenvalue weighted by molar-refractivity contribution is 0.0689. The summed E-state index contributed by atoms with van der Waals surface area (Å²) in [7, 11) is 0. The van der Waals surface area contributed by atoms with Crippen LogP contribution in [0.5, 0.6) is 0 Å². The number of aromatic amines is 1. The predicted octanol–water partition coefficient (Wildman–Crippen LogP) is 0.712. The smallest absolute Gasteiger partial charge is 0.355 e. The number of H-pyrrole nitrogens is 1. The van der Waals surface area contributed by atoms with Crippen LogP contribution in [0, 0.1) is 3.57 Å². The molecule has 2 N–H and O–H groups in total. The van der Waals surface area contributed by atoms with Gasteiger partial charge in [-0.05, 0) is 22.6 Å². The van der Waals surface area contributed by atoms with Crippen LogP contribution in [-0.4, -0.2) is 21.3 Å².